The topological polar surface area (TPSA) is 94.9 Å². The fourth-order valence-corrected chi connectivity index (χ4v) is 3.81. The molecule has 7 nitrogen and oxygen atoms in total. The Morgan fingerprint density at radius 1 is 1.30 bits per heavy atom. The average molecular weight is 450 g/mol. The van der Waals surface area contributed by atoms with Gasteiger partial charge in [-0.25, -0.2) is 9.38 Å². The summed E-state index contributed by atoms with van der Waals surface area (Å²) < 4.78 is 19.8. The van der Waals surface area contributed by atoms with Gasteiger partial charge in [-0.15, -0.1) is 0 Å². The molecule has 1 atom stereocenters. The summed E-state index contributed by atoms with van der Waals surface area (Å²) >= 11 is 0. The number of likely N-dealkylation sites (tertiary alicyclic amines) is 1. The van der Waals surface area contributed by atoms with Crippen LogP contribution in [0, 0.1) is 17.1 Å². The lowest BCUT2D eigenvalue weighted by Gasteiger charge is -2.35. The van der Waals surface area contributed by atoms with Gasteiger partial charge in [0.05, 0.1) is 18.4 Å². The lowest BCUT2D eigenvalue weighted by molar-refractivity contribution is -0.114. The van der Waals surface area contributed by atoms with E-state index in [4.69, 9.17) is 20.7 Å². The van der Waals surface area contributed by atoms with E-state index in [1.165, 1.54) is 17.0 Å². The monoisotopic (exact) mass is 449 g/mol. The average Bonchev–Trinajstić information content (AvgIpc) is 2.84. The van der Waals surface area contributed by atoms with Crippen LogP contribution in [-0.4, -0.2) is 55.5 Å². The van der Waals surface area contributed by atoms with Crippen LogP contribution in [0.15, 0.2) is 47.5 Å². The van der Waals surface area contributed by atoms with Crippen molar-refractivity contribution in [3.63, 3.8) is 0 Å². The minimum atomic E-state index is -0.629. The van der Waals surface area contributed by atoms with Crippen molar-refractivity contribution >= 4 is 23.6 Å². The standard InChI is InChI=1S/C25H28FN5O2/c1-17(18-8-10-22(33-3)11-9-18)24(19-6-7-20(14-27)23(26)13-19)29-25(30(2)16-32)31-12-4-5-21(28)15-31/h6-11,13,16,21H,4-5,12,15,28H2,1-3H3/b24-17+,29-25?. The molecule has 33 heavy (non-hydrogen) atoms. The van der Waals surface area contributed by atoms with Gasteiger partial charge in [0.2, 0.25) is 12.4 Å². The molecule has 2 N–H and O–H groups in total. The molecule has 0 aromatic heterocycles. The third-order valence-electron chi connectivity index (χ3n) is 5.67. The molecule has 0 saturated carbocycles. The molecular weight excluding hydrogens is 421 g/mol. The van der Waals surface area contributed by atoms with E-state index in [-0.39, 0.29) is 11.6 Å². The number of guanidine groups is 1. The Hall–Kier alpha value is -3.70. The van der Waals surface area contributed by atoms with Gasteiger partial charge in [0.1, 0.15) is 17.6 Å². The molecule has 1 unspecified atom stereocenters. The van der Waals surface area contributed by atoms with Crippen LogP contribution in [0.3, 0.4) is 0 Å². The van der Waals surface area contributed by atoms with Gasteiger partial charge in [-0.3, -0.25) is 9.69 Å². The van der Waals surface area contributed by atoms with Gasteiger partial charge in [-0.05, 0) is 55.2 Å². The van der Waals surface area contributed by atoms with Crippen LogP contribution >= 0.6 is 0 Å². The van der Waals surface area contributed by atoms with Crippen molar-refractivity contribution in [3.8, 4) is 11.8 Å². The number of methoxy groups -OCH3 is 1. The lowest BCUT2D eigenvalue weighted by Crippen LogP contribution is -2.50. The molecule has 2 aromatic rings. The SMILES string of the molecule is COc1ccc(/C(C)=C(/N=C(N(C)C=O)N2CCCC(N)C2)c2ccc(C#N)c(F)c2)cc1. The molecule has 0 radical (unpaired) electrons. The van der Waals surface area contributed by atoms with Crippen molar-refractivity contribution in [2.24, 2.45) is 10.7 Å². The van der Waals surface area contributed by atoms with E-state index in [2.05, 4.69) is 0 Å². The van der Waals surface area contributed by atoms with Gasteiger partial charge in [0.15, 0.2) is 0 Å². The van der Waals surface area contributed by atoms with E-state index in [9.17, 15) is 9.18 Å². The molecule has 1 fully saturated rings. The largest absolute Gasteiger partial charge is 0.497 e. The fraction of sp³-hybridized carbons (Fsp3) is 0.320. The maximum atomic E-state index is 14.5. The second-order valence-electron chi connectivity index (χ2n) is 7.98. The minimum absolute atomic E-state index is 0.0218. The molecule has 3 rings (SSSR count). The number of aliphatic imine (C=N–C) groups is 1. The third kappa shape index (κ3) is 5.57. The number of halogens is 1. The molecule has 2 aromatic carbocycles. The van der Waals surface area contributed by atoms with Gasteiger partial charge in [0.25, 0.3) is 0 Å². The molecular formula is C25H28FN5O2. The van der Waals surface area contributed by atoms with Gasteiger partial charge in [-0.2, -0.15) is 5.26 Å². The molecule has 0 bridgehead atoms. The number of carbonyl (C=O) groups is 1. The van der Waals surface area contributed by atoms with Crippen molar-refractivity contribution < 1.29 is 13.9 Å². The number of hydrogen-bond acceptors (Lipinski definition) is 5. The predicted octanol–water partition coefficient (Wildman–Crippen LogP) is 3.46. The summed E-state index contributed by atoms with van der Waals surface area (Å²) in [6.07, 6.45) is 2.48. The van der Waals surface area contributed by atoms with Crippen molar-refractivity contribution in [2.45, 2.75) is 25.8 Å². The highest BCUT2D eigenvalue weighted by Crippen LogP contribution is 2.30. The van der Waals surface area contributed by atoms with Crippen LogP contribution in [-0.2, 0) is 4.79 Å². The first-order valence-corrected chi connectivity index (χ1v) is 10.7. The van der Waals surface area contributed by atoms with E-state index in [1.54, 1.807) is 20.2 Å². The summed E-state index contributed by atoms with van der Waals surface area (Å²) in [4.78, 5) is 19.9. The molecule has 1 aliphatic rings. The number of allylic oxidation sites excluding steroid dienone is 1. The lowest BCUT2D eigenvalue weighted by atomic mass is 10.00. The van der Waals surface area contributed by atoms with E-state index < -0.39 is 5.82 Å². The third-order valence-corrected chi connectivity index (χ3v) is 5.67. The number of hydrogen-bond donors (Lipinski definition) is 1. The number of piperidine rings is 1. The van der Waals surface area contributed by atoms with E-state index in [1.807, 2.05) is 42.2 Å². The Kier molecular flexibility index (Phi) is 7.80. The minimum Gasteiger partial charge on any atom is -0.497 e. The number of carbonyl (C=O) groups excluding carboxylic acids is 1. The number of nitrogens with two attached hydrogens (primary N) is 1. The molecule has 1 saturated heterocycles. The van der Waals surface area contributed by atoms with Crippen molar-refractivity contribution in [1.82, 2.24) is 9.80 Å². The molecule has 0 aliphatic carbocycles. The molecule has 0 spiro atoms. The summed E-state index contributed by atoms with van der Waals surface area (Å²) in [6, 6.07) is 13.7. The second kappa shape index (κ2) is 10.7. The van der Waals surface area contributed by atoms with Crippen LogP contribution < -0.4 is 10.5 Å². The first-order valence-electron chi connectivity index (χ1n) is 10.7. The zero-order valence-electron chi connectivity index (χ0n) is 19.1. The number of benzene rings is 2. The Morgan fingerprint density at radius 3 is 2.58 bits per heavy atom. The zero-order chi connectivity index (χ0) is 24.0. The highest BCUT2D eigenvalue weighted by molar-refractivity contribution is 5.98. The van der Waals surface area contributed by atoms with Crippen LogP contribution in [0.25, 0.3) is 11.3 Å². The summed E-state index contributed by atoms with van der Waals surface area (Å²) in [5.74, 6) is 0.521. The maximum absolute atomic E-state index is 14.5. The number of amides is 1. The van der Waals surface area contributed by atoms with E-state index in [0.29, 0.717) is 42.5 Å². The smallest absolute Gasteiger partial charge is 0.216 e. The fourth-order valence-electron chi connectivity index (χ4n) is 3.81. The Bertz CT molecular complexity index is 1100. The van der Waals surface area contributed by atoms with Crippen molar-refractivity contribution in [1.29, 1.82) is 5.26 Å². The summed E-state index contributed by atoms with van der Waals surface area (Å²) in [5, 5.41) is 9.12. The highest BCUT2D eigenvalue weighted by Gasteiger charge is 2.23. The Morgan fingerprint density at radius 2 is 2.00 bits per heavy atom. The summed E-state index contributed by atoms with van der Waals surface area (Å²) in [5.41, 5.74) is 8.76. The molecule has 1 aliphatic heterocycles. The normalized spacial score (nSPS) is 17.2. The molecule has 1 amide bonds. The van der Waals surface area contributed by atoms with Crippen LogP contribution in [0.1, 0.15) is 36.5 Å². The summed E-state index contributed by atoms with van der Waals surface area (Å²) in [6.45, 7) is 3.16. The predicted molar refractivity (Wildman–Crippen MR) is 127 cm³/mol. The number of nitriles is 1. The van der Waals surface area contributed by atoms with E-state index in [0.717, 1.165) is 24.0 Å². The van der Waals surface area contributed by atoms with Crippen molar-refractivity contribution in [3.05, 3.63) is 65.0 Å². The number of rotatable bonds is 5. The van der Waals surface area contributed by atoms with Gasteiger partial charge >= 0.3 is 0 Å². The summed E-state index contributed by atoms with van der Waals surface area (Å²) in [7, 11) is 3.23. The highest BCUT2D eigenvalue weighted by atomic mass is 19.1. The van der Waals surface area contributed by atoms with Crippen LogP contribution in [0.4, 0.5) is 4.39 Å². The maximum Gasteiger partial charge on any atom is 0.216 e. The van der Waals surface area contributed by atoms with Gasteiger partial charge in [0, 0.05) is 31.7 Å². The molecule has 8 heteroatoms. The van der Waals surface area contributed by atoms with Crippen LogP contribution in [0.2, 0.25) is 0 Å². The van der Waals surface area contributed by atoms with Crippen LogP contribution in [0.5, 0.6) is 5.75 Å². The quantitative estimate of drug-likeness (QED) is 0.326. The first kappa shape index (κ1) is 24.0. The molecule has 172 valence electrons. The number of nitrogens with zero attached hydrogens (tertiary/aromatic N) is 4. The van der Waals surface area contributed by atoms with Crippen molar-refractivity contribution in [2.75, 3.05) is 27.2 Å². The Labute approximate surface area is 193 Å². The Balaban J connectivity index is 2.20. The van der Waals surface area contributed by atoms with E-state index >= 15 is 0 Å². The second-order valence-corrected chi connectivity index (χ2v) is 7.98. The molecule has 1 heterocycles. The zero-order valence-corrected chi connectivity index (χ0v) is 19.1. The van der Waals surface area contributed by atoms with Gasteiger partial charge < -0.3 is 15.4 Å². The number of ether oxygens (including phenoxy) is 1. The van der Waals surface area contributed by atoms with Gasteiger partial charge in [-0.1, -0.05) is 18.2 Å². The first-order chi connectivity index (χ1) is 15.9.